The second kappa shape index (κ2) is 5.75. The van der Waals surface area contributed by atoms with E-state index in [1.54, 1.807) is 4.68 Å². The first kappa shape index (κ1) is 12.0. The maximum absolute atomic E-state index is 10.8. The molecule has 1 N–H and O–H groups in total. The summed E-state index contributed by atoms with van der Waals surface area (Å²) in [5.41, 5.74) is 0. The third-order valence-electron chi connectivity index (χ3n) is 2.06. The van der Waals surface area contributed by atoms with E-state index in [1.807, 2.05) is 13.8 Å². The fourth-order valence-corrected chi connectivity index (χ4v) is 2.16. The first-order valence-corrected chi connectivity index (χ1v) is 5.95. The Morgan fingerprint density at radius 1 is 1.67 bits per heavy atom. The summed E-state index contributed by atoms with van der Waals surface area (Å²) >= 11 is 1.39. The Morgan fingerprint density at radius 3 is 2.93 bits per heavy atom. The molecule has 1 unspecified atom stereocenters. The van der Waals surface area contributed by atoms with Crippen molar-refractivity contribution in [3.8, 4) is 0 Å². The van der Waals surface area contributed by atoms with Crippen molar-refractivity contribution in [2.45, 2.75) is 37.8 Å². The topological polar surface area (TPSA) is 68.0 Å². The van der Waals surface area contributed by atoms with Crippen molar-refractivity contribution in [1.29, 1.82) is 0 Å². The summed E-state index contributed by atoms with van der Waals surface area (Å²) < 4.78 is 1.78. The highest BCUT2D eigenvalue weighted by molar-refractivity contribution is 7.99. The molecule has 1 heterocycles. The molecule has 6 heteroatoms. The molecule has 0 spiro atoms. The van der Waals surface area contributed by atoms with Gasteiger partial charge in [-0.3, -0.25) is 4.79 Å². The first-order valence-electron chi connectivity index (χ1n) is 4.90. The lowest BCUT2D eigenvalue weighted by Gasteiger charge is -2.08. The van der Waals surface area contributed by atoms with Gasteiger partial charge in [-0.2, -0.15) is 5.10 Å². The highest BCUT2D eigenvalue weighted by atomic mass is 32.2. The van der Waals surface area contributed by atoms with Gasteiger partial charge in [0.15, 0.2) is 0 Å². The van der Waals surface area contributed by atoms with Crippen LogP contribution in [0.4, 0.5) is 0 Å². The largest absolute Gasteiger partial charge is 0.480 e. The Bertz CT molecular complexity index is 327. The molecule has 0 aliphatic carbocycles. The molecule has 1 aromatic heterocycles. The summed E-state index contributed by atoms with van der Waals surface area (Å²) in [4.78, 5) is 14.9. The molecule has 0 aliphatic heterocycles. The second-order valence-electron chi connectivity index (χ2n) is 3.04. The van der Waals surface area contributed by atoms with E-state index in [2.05, 4.69) is 10.1 Å². The summed E-state index contributed by atoms with van der Waals surface area (Å²) in [5, 5.41) is 12.5. The predicted octanol–water partition coefficient (Wildman–Crippen LogP) is 1.39. The lowest BCUT2D eigenvalue weighted by atomic mass is 10.3. The van der Waals surface area contributed by atoms with Crippen LogP contribution in [0.15, 0.2) is 6.33 Å². The summed E-state index contributed by atoms with van der Waals surface area (Å²) in [5.74, 6) is 0.672. The van der Waals surface area contributed by atoms with Gasteiger partial charge >= 0.3 is 5.97 Å². The van der Waals surface area contributed by atoms with E-state index in [9.17, 15) is 4.79 Å². The Hall–Kier alpha value is -1.04. The molecule has 0 bridgehead atoms. The molecule has 0 radical (unpaired) electrons. The third-order valence-corrected chi connectivity index (χ3v) is 3.42. The van der Waals surface area contributed by atoms with Gasteiger partial charge in [0.2, 0.25) is 0 Å². The summed E-state index contributed by atoms with van der Waals surface area (Å²) in [6, 6.07) is 0. The van der Waals surface area contributed by atoms with Gasteiger partial charge in [0.1, 0.15) is 17.4 Å². The van der Waals surface area contributed by atoms with Crippen molar-refractivity contribution < 1.29 is 9.90 Å². The summed E-state index contributed by atoms with van der Waals surface area (Å²) in [6.07, 6.45) is 2.13. The minimum atomic E-state index is -0.759. The van der Waals surface area contributed by atoms with Gasteiger partial charge in [-0.25, -0.2) is 9.67 Å². The molecule has 1 aromatic rings. The van der Waals surface area contributed by atoms with Gasteiger partial charge in [0.05, 0.1) is 5.75 Å². The quantitative estimate of drug-likeness (QED) is 0.798. The van der Waals surface area contributed by atoms with Gasteiger partial charge in [-0.15, -0.1) is 11.8 Å². The Balaban J connectivity index is 2.52. The van der Waals surface area contributed by atoms with Gasteiger partial charge in [-0.05, 0) is 13.3 Å². The molecular formula is C9H15N3O2S. The standard InChI is InChI=1S/C9H15N3O2S/c1-3-7(9(13)14)15-5-8-10-6-11-12(8)4-2/h6-7H,3-5H2,1-2H3,(H,13,14). The van der Waals surface area contributed by atoms with E-state index >= 15 is 0 Å². The number of hydrogen-bond acceptors (Lipinski definition) is 4. The van der Waals surface area contributed by atoms with Crippen LogP contribution in [-0.2, 0) is 17.1 Å². The smallest absolute Gasteiger partial charge is 0.316 e. The van der Waals surface area contributed by atoms with Crippen molar-refractivity contribution in [3.63, 3.8) is 0 Å². The number of aliphatic carboxylic acids is 1. The minimum Gasteiger partial charge on any atom is -0.480 e. The van der Waals surface area contributed by atoms with Crippen molar-refractivity contribution in [1.82, 2.24) is 14.8 Å². The number of carboxylic acids is 1. The number of hydrogen-bond donors (Lipinski definition) is 1. The van der Waals surface area contributed by atoms with Gasteiger partial charge in [0.25, 0.3) is 0 Å². The zero-order valence-electron chi connectivity index (χ0n) is 8.88. The first-order chi connectivity index (χ1) is 7.19. The van der Waals surface area contributed by atoms with Gasteiger partial charge in [0, 0.05) is 6.54 Å². The van der Waals surface area contributed by atoms with E-state index in [-0.39, 0.29) is 5.25 Å². The molecule has 0 saturated heterocycles. The summed E-state index contributed by atoms with van der Waals surface area (Å²) in [6.45, 7) is 4.62. The van der Waals surface area contributed by atoms with E-state index in [0.717, 1.165) is 12.4 Å². The van der Waals surface area contributed by atoms with Crippen molar-refractivity contribution in [2.24, 2.45) is 0 Å². The molecule has 0 saturated carbocycles. The molecule has 15 heavy (non-hydrogen) atoms. The predicted molar refractivity (Wildman–Crippen MR) is 58.7 cm³/mol. The molecule has 0 aromatic carbocycles. The molecule has 0 fully saturated rings. The van der Waals surface area contributed by atoms with Gasteiger partial charge < -0.3 is 5.11 Å². The van der Waals surface area contributed by atoms with Crippen LogP contribution in [-0.4, -0.2) is 31.1 Å². The average Bonchev–Trinajstić information content (AvgIpc) is 2.65. The van der Waals surface area contributed by atoms with Crippen LogP contribution >= 0.6 is 11.8 Å². The number of carbonyl (C=O) groups is 1. The Morgan fingerprint density at radius 2 is 2.40 bits per heavy atom. The minimum absolute atomic E-state index is 0.355. The number of aryl methyl sites for hydroxylation is 1. The Labute approximate surface area is 92.9 Å². The fourth-order valence-electron chi connectivity index (χ4n) is 1.20. The normalized spacial score (nSPS) is 12.7. The number of nitrogens with zero attached hydrogens (tertiary/aromatic N) is 3. The number of aromatic nitrogens is 3. The van der Waals surface area contributed by atoms with Crippen molar-refractivity contribution in [2.75, 3.05) is 0 Å². The Kier molecular flexibility index (Phi) is 4.61. The molecular weight excluding hydrogens is 214 g/mol. The molecule has 1 atom stereocenters. The van der Waals surface area contributed by atoms with Crippen LogP contribution in [0.2, 0.25) is 0 Å². The maximum atomic E-state index is 10.8. The second-order valence-corrected chi connectivity index (χ2v) is 4.23. The molecule has 0 amide bonds. The van der Waals surface area contributed by atoms with Gasteiger partial charge in [-0.1, -0.05) is 6.92 Å². The van der Waals surface area contributed by atoms with Crippen molar-refractivity contribution in [3.05, 3.63) is 12.2 Å². The van der Waals surface area contributed by atoms with E-state index in [4.69, 9.17) is 5.11 Å². The number of thioether (sulfide) groups is 1. The maximum Gasteiger partial charge on any atom is 0.316 e. The highest BCUT2D eigenvalue weighted by Crippen LogP contribution is 2.19. The number of rotatable bonds is 6. The monoisotopic (exact) mass is 229 g/mol. The van der Waals surface area contributed by atoms with Crippen LogP contribution in [0.5, 0.6) is 0 Å². The molecule has 5 nitrogen and oxygen atoms in total. The third kappa shape index (κ3) is 3.23. The van der Waals surface area contributed by atoms with Crippen LogP contribution in [0.25, 0.3) is 0 Å². The zero-order valence-corrected chi connectivity index (χ0v) is 9.70. The highest BCUT2D eigenvalue weighted by Gasteiger charge is 2.16. The summed E-state index contributed by atoms with van der Waals surface area (Å²) in [7, 11) is 0. The van der Waals surface area contributed by atoms with Crippen molar-refractivity contribution >= 4 is 17.7 Å². The van der Waals surface area contributed by atoms with E-state index in [1.165, 1.54) is 18.1 Å². The lowest BCUT2D eigenvalue weighted by molar-refractivity contribution is -0.136. The molecule has 0 aliphatic rings. The molecule has 84 valence electrons. The fraction of sp³-hybridized carbons (Fsp3) is 0.667. The lowest BCUT2D eigenvalue weighted by Crippen LogP contribution is -2.16. The van der Waals surface area contributed by atoms with Crippen LogP contribution in [0.3, 0.4) is 0 Å². The van der Waals surface area contributed by atoms with E-state index in [0.29, 0.717) is 12.2 Å². The van der Waals surface area contributed by atoms with Crippen LogP contribution in [0.1, 0.15) is 26.1 Å². The van der Waals surface area contributed by atoms with E-state index < -0.39 is 5.97 Å². The SMILES string of the molecule is CCC(SCc1ncnn1CC)C(=O)O. The van der Waals surface area contributed by atoms with Crippen LogP contribution in [0, 0.1) is 0 Å². The molecule has 1 rings (SSSR count). The zero-order chi connectivity index (χ0) is 11.3. The van der Waals surface area contributed by atoms with Crippen LogP contribution < -0.4 is 0 Å². The number of carboxylic acid groups (broad SMARTS) is 1. The average molecular weight is 229 g/mol.